The summed E-state index contributed by atoms with van der Waals surface area (Å²) in [6.45, 7) is 33.3. The number of hydrogen-bond donors (Lipinski definition) is 3. The number of allylic oxidation sites excluding steroid dienone is 6. The summed E-state index contributed by atoms with van der Waals surface area (Å²) in [5.41, 5.74) is 0.811. The van der Waals surface area contributed by atoms with Crippen molar-refractivity contribution >= 4 is 19.1 Å². The highest BCUT2D eigenvalue weighted by Gasteiger charge is 2.22. The van der Waals surface area contributed by atoms with Gasteiger partial charge in [0, 0.05) is 39.3 Å². The minimum atomic E-state index is -1.54. The molecule has 0 radical (unpaired) electrons. The Morgan fingerprint density at radius 3 is 2.10 bits per heavy atom. The summed E-state index contributed by atoms with van der Waals surface area (Å²) in [4.78, 5) is 27.8. The van der Waals surface area contributed by atoms with Crippen molar-refractivity contribution in [2.24, 2.45) is 5.92 Å². The number of nitrogens with one attached hydrogen (secondary N) is 1. The van der Waals surface area contributed by atoms with E-state index >= 15 is 0 Å². The van der Waals surface area contributed by atoms with Crippen LogP contribution in [-0.2, 0) is 9.53 Å². The van der Waals surface area contributed by atoms with Crippen molar-refractivity contribution in [1.82, 2.24) is 15.1 Å². The van der Waals surface area contributed by atoms with E-state index in [4.69, 9.17) is 14.8 Å². The van der Waals surface area contributed by atoms with E-state index in [1.165, 1.54) is 6.08 Å². The van der Waals surface area contributed by atoms with E-state index in [2.05, 4.69) is 57.9 Å². The van der Waals surface area contributed by atoms with Crippen molar-refractivity contribution < 1.29 is 24.4 Å². The number of hydrogen-bond acceptors (Lipinski definition) is 6. The highest BCUT2D eigenvalue weighted by atomic mass is 16.6. The smallest absolute Gasteiger partial charge is 0.444 e. The highest BCUT2D eigenvalue weighted by molar-refractivity contribution is 6.51. The van der Waals surface area contributed by atoms with Gasteiger partial charge >= 0.3 is 13.2 Å². The molecule has 1 rings (SSSR count). The number of likely N-dealkylation sites (N-methyl/N-ethyl adjacent to an activating group) is 1. The van der Waals surface area contributed by atoms with Gasteiger partial charge in [-0.1, -0.05) is 49.1 Å². The summed E-state index contributed by atoms with van der Waals surface area (Å²) in [6, 6.07) is 0. The average Bonchev–Trinajstić information content (AvgIpc) is 2.95. The maximum absolute atomic E-state index is 12.4. The molecule has 3 N–H and O–H groups in total. The Bertz CT molecular complexity index is 891. The second kappa shape index (κ2) is 25.2. The molecule has 8 nitrogen and oxygen atoms in total. The molecule has 0 unspecified atom stereocenters. The van der Waals surface area contributed by atoms with Crippen molar-refractivity contribution in [2.45, 2.75) is 39.2 Å². The molecule has 2 amide bonds. The summed E-state index contributed by atoms with van der Waals surface area (Å²) in [7, 11) is 0.299. The molecule has 0 aromatic heterocycles. The molecule has 1 fully saturated rings. The molecule has 0 aromatic rings. The third-order valence-electron chi connectivity index (χ3n) is 5.27. The van der Waals surface area contributed by atoms with Gasteiger partial charge in [0.05, 0.1) is 0 Å². The lowest BCUT2D eigenvalue weighted by Gasteiger charge is -2.31. The van der Waals surface area contributed by atoms with Crippen molar-refractivity contribution in [3.05, 3.63) is 112 Å². The number of carbonyl (C=O) groups excluding carboxylic acids is 2. The van der Waals surface area contributed by atoms with Crippen LogP contribution in [0.1, 0.15) is 33.6 Å². The second-order valence-corrected chi connectivity index (χ2v) is 9.38. The van der Waals surface area contributed by atoms with Crippen LogP contribution in [0.5, 0.6) is 0 Å². The van der Waals surface area contributed by atoms with Gasteiger partial charge < -0.3 is 29.9 Å². The van der Waals surface area contributed by atoms with Gasteiger partial charge in [0.15, 0.2) is 0 Å². The fraction of sp³-hybridized carbons (Fsp3) is 0.375. The topological polar surface area (TPSA) is 102 Å². The summed E-state index contributed by atoms with van der Waals surface area (Å²) >= 11 is 0. The summed E-state index contributed by atoms with van der Waals surface area (Å²) in [5, 5.41) is 21.0. The van der Waals surface area contributed by atoms with Gasteiger partial charge in [-0.3, -0.25) is 4.79 Å². The summed E-state index contributed by atoms with van der Waals surface area (Å²) in [5.74, 6) is 0.274. The predicted octanol–water partition coefficient (Wildman–Crippen LogP) is 5.39. The van der Waals surface area contributed by atoms with Gasteiger partial charge in [0.25, 0.3) is 0 Å². The number of piperidine rings is 1. The Balaban J connectivity index is -0.00000225. The summed E-state index contributed by atoms with van der Waals surface area (Å²) < 4.78 is 5.20. The molecular formula is C32H52BN3O5. The zero-order valence-corrected chi connectivity index (χ0v) is 25.7. The maximum atomic E-state index is 12.4. The molecular weight excluding hydrogens is 517 g/mol. The first-order valence-electron chi connectivity index (χ1n) is 13.3. The number of amides is 2. The monoisotopic (exact) mass is 569 g/mol. The van der Waals surface area contributed by atoms with Crippen molar-refractivity contribution in [2.75, 3.05) is 33.2 Å². The lowest BCUT2D eigenvalue weighted by molar-refractivity contribution is -0.127. The molecule has 228 valence electrons. The van der Waals surface area contributed by atoms with Crippen LogP contribution in [0.4, 0.5) is 4.79 Å². The lowest BCUT2D eigenvalue weighted by atomic mass is 9.79. The van der Waals surface area contributed by atoms with Crippen LogP contribution in [0.3, 0.4) is 0 Å². The van der Waals surface area contributed by atoms with Gasteiger partial charge in [-0.15, -0.1) is 39.5 Å². The molecule has 0 atom stereocenters. The fourth-order valence-corrected chi connectivity index (χ4v) is 3.32. The Labute approximate surface area is 249 Å². The Hall–Kier alpha value is -3.82. The van der Waals surface area contributed by atoms with E-state index in [1.54, 1.807) is 30.5 Å². The SMILES string of the molecule is C=C.C=C.C=C.C=C/C(=C/CN(C)/C=C/C=C/C(=O)N1CCC(C(=C)/C=C/CNC(=O)OC(C)(C)C)CC1)B(O)O. The minimum Gasteiger partial charge on any atom is -0.444 e. The van der Waals surface area contributed by atoms with Gasteiger partial charge in [0.1, 0.15) is 5.60 Å². The number of carbonyl (C=O) groups is 2. The van der Waals surface area contributed by atoms with E-state index in [9.17, 15) is 9.59 Å². The van der Waals surface area contributed by atoms with E-state index in [1.807, 2.05) is 49.8 Å². The van der Waals surface area contributed by atoms with E-state index < -0.39 is 18.8 Å². The van der Waals surface area contributed by atoms with Gasteiger partial charge in [0.2, 0.25) is 5.91 Å². The fourth-order valence-electron chi connectivity index (χ4n) is 3.32. The number of likely N-dealkylation sites (tertiary alicyclic amines) is 1. The molecule has 0 bridgehead atoms. The molecule has 1 aliphatic rings. The third-order valence-corrected chi connectivity index (χ3v) is 5.27. The lowest BCUT2D eigenvalue weighted by Crippen LogP contribution is -2.37. The normalized spacial score (nSPS) is 13.6. The summed E-state index contributed by atoms with van der Waals surface area (Å²) in [6.07, 6.45) is 14.9. The number of ether oxygens (including phenoxy) is 1. The van der Waals surface area contributed by atoms with Gasteiger partial charge in [-0.05, 0) is 57.3 Å². The quantitative estimate of drug-likeness (QED) is 0.133. The average molecular weight is 570 g/mol. The zero-order chi connectivity index (χ0) is 32.4. The predicted molar refractivity (Wildman–Crippen MR) is 175 cm³/mol. The second-order valence-electron chi connectivity index (χ2n) is 9.38. The van der Waals surface area contributed by atoms with Crippen molar-refractivity contribution in [3.63, 3.8) is 0 Å². The molecule has 9 heteroatoms. The number of rotatable bonds is 11. The van der Waals surface area contributed by atoms with Crippen molar-refractivity contribution in [3.8, 4) is 0 Å². The van der Waals surface area contributed by atoms with Crippen LogP contribution < -0.4 is 5.32 Å². The van der Waals surface area contributed by atoms with Crippen LogP contribution in [0, 0.1) is 5.92 Å². The zero-order valence-electron chi connectivity index (χ0n) is 25.7. The number of alkyl carbamates (subject to hydrolysis) is 1. The van der Waals surface area contributed by atoms with Crippen LogP contribution >= 0.6 is 0 Å². The molecule has 0 aliphatic carbocycles. The van der Waals surface area contributed by atoms with Crippen molar-refractivity contribution in [1.29, 1.82) is 0 Å². The number of nitrogens with zero attached hydrogens (tertiary/aromatic N) is 2. The van der Waals surface area contributed by atoms with Gasteiger partial charge in [-0.2, -0.15) is 0 Å². The Morgan fingerprint density at radius 2 is 1.61 bits per heavy atom. The Kier molecular flexibility index (Phi) is 25.6. The van der Waals surface area contributed by atoms with Gasteiger partial charge in [-0.25, -0.2) is 4.79 Å². The molecule has 0 saturated carbocycles. The molecule has 0 aromatic carbocycles. The maximum Gasteiger partial charge on any atom is 0.488 e. The first-order chi connectivity index (χ1) is 19.4. The van der Waals surface area contributed by atoms with E-state index in [0.717, 1.165) is 18.4 Å². The van der Waals surface area contributed by atoms with Crippen LogP contribution in [0.15, 0.2) is 112 Å². The first-order valence-corrected chi connectivity index (χ1v) is 13.3. The van der Waals surface area contributed by atoms with E-state index in [0.29, 0.717) is 37.6 Å². The molecule has 1 aliphatic heterocycles. The molecule has 1 heterocycles. The molecule has 1 saturated heterocycles. The van der Waals surface area contributed by atoms with E-state index in [-0.39, 0.29) is 5.91 Å². The largest absolute Gasteiger partial charge is 0.488 e. The standard InChI is InChI=1S/C26H40BN3O5.3C2H4/c1-7-23(27(33)34)15-18-29(6)17-9-8-12-24(31)30-19-13-22(14-20-30)21(2)11-10-16-28-25(32)35-26(3,4)5;3*1-2/h7-12,15,17,22,33-34H,1-2,13-14,16,18-20H2,3-6H3,(H,28,32);3*1-2H2/b11-10+,12-8+,17-9+,23-15-;;;. The molecule has 41 heavy (non-hydrogen) atoms. The van der Waals surface area contributed by atoms with Crippen LogP contribution in [-0.4, -0.2) is 77.8 Å². The van der Waals surface area contributed by atoms with Crippen LogP contribution in [0.25, 0.3) is 0 Å². The van der Waals surface area contributed by atoms with Crippen LogP contribution in [0.2, 0.25) is 0 Å². The highest BCUT2D eigenvalue weighted by Crippen LogP contribution is 2.24. The first kappa shape index (κ1) is 41.7. The molecule has 0 spiro atoms. The Morgan fingerprint density at radius 1 is 1.05 bits per heavy atom. The minimum absolute atomic E-state index is 0.0317. The third kappa shape index (κ3) is 21.7.